The second-order valence-corrected chi connectivity index (χ2v) is 6.01. The Hall–Kier alpha value is -1.50. The summed E-state index contributed by atoms with van der Waals surface area (Å²) in [7, 11) is -0.980. The Bertz CT molecular complexity index is 497. The number of carbonyl (C=O) groups is 1. The topological polar surface area (TPSA) is 58.2 Å². The number of hydrogen-bond acceptors (Lipinski definition) is 2. The third-order valence-electron chi connectivity index (χ3n) is 2.56. The van der Waals surface area contributed by atoms with Crippen molar-refractivity contribution in [3.05, 3.63) is 35.4 Å². The van der Waals surface area contributed by atoms with Crippen molar-refractivity contribution in [2.45, 2.75) is 19.4 Å². The maximum atomic E-state index is 13.3. The van der Waals surface area contributed by atoms with Crippen LogP contribution in [0.1, 0.15) is 12.5 Å². The normalized spacial score (nSPS) is 13.6. The lowest BCUT2D eigenvalue weighted by molar-refractivity contribution is 0.239. The van der Waals surface area contributed by atoms with Crippen LogP contribution in [0.15, 0.2) is 18.2 Å². The summed E-state index contributed by atoms with van der Waals surface area (Å²) in [6.45, 7) is 1.98. The fourth-order valence-electron chi connectivity index (χ4n) is 1.70. The van der Waals surface area contributed by atoms with Gasteiger partial charge in [0, 0.05) is 41.5 Å². The van der Waals surface area contributed by atoms with Crippen LogP contribution < -0.4 is 10.6 Å². The molecule has 2 amide bonds. The van der Waals surface area contributed by atoms with E-state index >= 15 is 0 Å². The number of amides is 2. The lowest BCUT2D eigenvalue weighted by Gasteiger charge is -2.13. The Kier molecular flexibility index (Phi) is 6.57. The molecule has 4 nitrogen and oxygen atoms in total. The van der Waals surface area contributed by atoms with E-state index in [1.54, 1.807) is 13.2 Å². The minimum Gasteiger partial charge on any atom is -0.338 e. The second-order valence-electron chi connectivity index (χ2n) is 4.53. The maximum Gasteiger partial charge on any atom is 0.315 e. The highest BCUT2D eigenvalue weighted by Crippen LogP contribution is 2.09. The monoisotopic (exact) mass is 304 g/mol. The third kappa shape index (κ3) is 6.10. The van der Waals surface area contributed by atoms with Crippen molar-refractivity contribution in [3.63, 3.8) is 0 Å². The van der Waals surface area contributed by atoms with Crippen LogP contribution in [-0.4, -0.2) is 34.8 Å². The molecule has 0 heterocycles. The van der Waals surface area contributed by atoms with Crippen molar-refractivity contribution < 1.29 is 17.8 Å². The van der Waals surface area contributed by atoms with Gasteiger partial charge in [-0.3, -0.25) is 4.21 Å². The van der Waals surface area contributed by atoms with Crippen molar-refractivity contribution in [1.82, 2.24) is 10.6 Å². The summed E-state index contributed by atoms with van der Waals surface area (Å²) in [4.78, 5) is 11.5. The minimum absolute atomic E-state index is 0.205. The molecule has 20 heavy (non-hydrogen) atoms. The lowest BCUT2D eigenvalue weighted by Crippen LogP contribution is -2.43. The van der Waals surface area contributed by atoms with E-state index < -0.39 is 28.5 Å². The summed E-state index contributed by atoms with van der Waals surface area (Å²) in [6.07, 6.45) is 1.83. The van der Waals surface area contributed by atoms with Crippen LogP contribution in [0.4, 0.5) is 13.6 Å². The van der Waals surface area contributed by atoms with E-state index in [-0.39, 0.29) is 19.0 Å². The van der Waals surface area contributed by atoms with E-state index in [1.165, 1.54) is 12.1 Å². The molecule has 0 bridgehead atoms. The van der Waals surface area contributed by atoms with E-state index in [1.807, 2.05) is 0 Å². The van der Waals surface area contributed by atoms with Crippen LogP contribution in [0.25, 0.3) is 0 Å². The SMILES string of the molecule is C[C@H](C[S@](C)=O)NC(=O)NCCc1ccc(F)cc1F. The van der Waals surface area contributed by atoms with Gasteiger partial charge in [-0.1, -0.05) is 6.07 Å². The summed E-state index contributed by atoms with van der Waals surface area (Å²) in [5.41, 5.74) is 0.342. The molecule has 0 radical (unpaired) electrons. The number of carbonyl (C=O) groups excluding carboxylic acids is 1. The molecule has 1 rings (SSSR count). The van der Waals surface area contributed by atoms with Crippen molar-refractivity contribution in [3.8, 4) is 0 Å². The first kappa shape index (κ1) is 16.6. The molecule has 0 saturated heterocycles. The predicted molar refractivity (Wildman–Crippen MR) is 75.0 cm³/mol. The van der Waals surface area contributed by atoms with E-state index in [0.29, 0.717) is 11.3 Å². The zero-order chi connectivity index (χ0) is 15.1. The van der Waals surface area contributed by atoms with Gasteiger partial charge < -0.3 is 10.6 Å². The molecule has 0 saturated carbocycles. The molecule has 0 aliphatic carbocycles. The van der Waals surface area contributed by atoms with E-state index in [0.717, 1.165) is 6.07 Å². The number of rotatable bonds is 6. The van der Waals surface area contributed by atoms with Crippen LogP contribution in [0.2, 0.25) is 0 Å². The number of halogens is 2. The van der Waals surface area contributed by atoms with Crippen LogP contribution in [-0.2, 0) is 17.2 Å². The Morgan fingerprint density at radius 1 is 1.40 bits per heavy atom. The van der Waals surface area contributed by atoms with Crippen LogP contribution in [0, 0.1) is 11.6 Å². The van der Waals surface area contributed by atoms with Crippen LogP contribution >= 0.6 is 0 Å². The highest BCUT2D eigenvalue weighted by molar-refractivity contribution is 7.84. The number of nitrogens with one attached hydrogen (secondary N) is 2. The molecule has 0 aliphatic heterocycles. The largest absolute Gasteiger partial charge is 0.338 e. The molecule has 0 fully saturated rings. The summed E-state index contributed by atoms with van der Waals surface area (Å²) in [5, 5.41) is 5.19. The Balaban J connectivity index is 2.33. The number of benzene rings is 1. The smallest absolute Gasteiger partial charge is 0.315 e. The second kappa shape index (κ2) is 7.94. The van der Waals surface area contributed by atoms with E-state index in [4.69, 9.17) is 0 Å². The first-order chi connectivity index (χ1) is 9.38. The zero-order valence-corrected chi connectivity index (χ0v) is 12.2. The molecule has 0 unspecified atom stereocenters. The van der Waals surface area contributed by atoms with Gasteiger partial charge in [0.05, 0.1) is 0 Å². The van der Waals surface area contributed by atoms with Gasteiger partial charge in [-0.25, -0.2) is 13.6 Å². The summed E-state index contributed by atoms with van der Waals surface area (Å²) in [6, 6.07) is 2.74. The van der Waals surface area contributed by atoms with Crippen molar-refractivity contribution in [2.75, 3.05) is 18.6 Å². The molecule has 0 aromatic heterocycles. The Morgan fingerprint density at radius 3 is 2.70 bits per heavy atom. The van der Waals surface area contributed by atoms with Gasteiger partial charge in [-0.05, 0) is 25.0 Å². The molecule has 7 heteroatoms. The van der Waals surface area contributed by atoms with Crippen molar-refractivity contribution in [2.24, 2.45) is 0 Å². The summed E-state index contributed by atoms with van der Waals surface area (Å²) < 4.78 is 37.0. The quantitative estimate of drug-likeness (QED) is 0.838. The Labute approximate surface area is 119 Å². The average Bonchev–Trinajstić information content (AvgIpc) is 2.30. The van der Waals surface area contributed by atoms with Gasteiger partial charge in [0.15, 0.2) is 0 Å². The standard InChI is InChI=1S/C13H18F2N2O2S/c1-9(8-20(2)19)17-13(18)16-6-5-10-3-4-11(14)7-12(10)15/h3-4,7,9H,5-6,8H2,1-2H3,(H2,16,17,18)/t9-,20+/m1/s1. The molecule has 2 atom stereocenters. The fourth-order valence-corrected chi connectivity index (χ4v) is 2.49. The minimum atomic E-state index is -0.980. The lowest BCUT2D eigenvalue weighted by atomic mass is 10.1. The van der Waals surface area contributed by atoms with Crippen molar-refractivity contribution >= 4 is 16.8 Å². The van der Waals surface area contributed by atoms with Gasteiger partial charge in [0.25, 0.3) is 0 Å². The van der Waals surface area contributed by atoms with Gasteiger partial charge >= 0.3 is 6.03 Å². The van der Waals surface area contributed by atoms with Gasteiger partial charge in [-0.15, -0.1) is 0 Å². The third-order valence-corrected chi connectivity index (χ3v) is 3.53. The molecular weight excluding hydrogens is 286 g/mol. The zero-order valence-electron chi connectivity index (χ0n) is 11.4. The Morgan fingerprint density at radius 2 is 2.10 bits per heavy atom. The first-order valence-electron chi connectivity index (χ1n) is 6.17. The van der Waals surface area contributed by atoms with E-state index in [9.17, 15) is 17.8 Å². The van der Waals surface area contributed by atoms with Gasteiger partial charge in [-0.2, -0.15) is 0 Å². The molecule has 0 spiro atoms. The number of hydrogen-bond donors (Lipinski definition) is 2. The van der Waals surface area contributed by atoms with Crippen LogP contribution in [0.3, 0.4) is 0 Å². The summed E-state index contributed by atoms with van der Waals surface area (Å²) >= 11 is 0. The van der Waals surface area contributed by atoms with Gasteiger partial charge in [0.2, 0.25) is 0 Å². The number of urea groups is 1. The average molecular weight is 304 g/mol. The first-order valence-corrected chi connectivity index (χ1v) is 7.89. The summed E-state index contributed by atoms with van der Waals surface area (Å²) in [5.74, 6) is -0.875. The predicted octanol–water partition coefficient (Wildman–Crippen LogP) is 1.57. The van der Waals surface area contributed by atoms with Crippen molar-refractivity contribution in [1.29, 1.82) is 0 Å². The highest BCUT2D eigenvalue weighted by Gasteiger charge is 2.09. The highest BCUT2D eigenvalue weighted by atomic mass is 32.2. The molecule has 1 aromatic rings. The van der Waals surface area contributed by atoms with Crippen LogP contribution in [0.5, 0.6) is 0 Å². The molecule has 2 N–H and O–H groups in total. The molecule has 0 aliphatic rings. The maximum absolute atomic E-state index is 13.3. The molecule has 1 aromatic carbocycles. The molecule has 112 valence electrons. The fraction of sp³-hybridized carbons (Fsp3) is 0.462. The molecular formula is C13H18F2N2O2S. The van der Waals surface area contributed by atoms with Gasteiger partial charge in [0.1, 0.15) is 11.6 Å². The van der Waals surface area contributed by atoms with E-state index in [2.05, 4.69) is 10.6 Å².